The van der Waals surface area contributed by atoms with Gasteiger partial charge in [0.25, 0.3) is 0 Å². The number of rotatable bonds is 6. The third-order valence-corrected chi connectivity index (χ3v) is 7.24. The summed E-state index contributed by atoms with van der Waals surface area (Å²) in [5.41, 5.74) is 3.76. The minimum Gasteiger partial charge on any atom is -0.390 e. The molecule has 5 heteroatoms. The number of piperazine rings is 1. The molecule has 0 saturated carbocycles. The average Bonchev–Trinajstić information content (AvgIpc) is 2.81. The van der Waals surface area contributed by atoms with Crippen molar-refractivity contribution in [2.45, 2.75) is 22.4 Å². The number of anilines is 2. The van der Waals surface area contributed by atoms with Gasteiger partial charge in [-0.05, 0) is 29.8 Å². The maximum Gasteiger partial charge on any atom is 0.0845 e. The van der Waals surface area contributed by atoms with E-state index in [0.717, 1.165) is 32.7 Å². The summed E-state index contributed by atoms with van der Waals surface area (Å²) in [5.74, 6) is 0. The average molecular weight is 432 g/mol. The zero-order chi connectivity index (χ0) is 21.0. The number of hydrogen-bond acceptors (Lipinski definition) is 5. The van der Waals surface area contributed by atoms with E-state index < -0.39 is 6.10 Å². The van der Waals surface area contributed by atoms with Crippen LogP contribution in [0.25, 0.3) is 0 Å². The predicted octanol–water partition coefficient (Wildman–Crippen LogP) is 4.47. The van der Waals surface area contributed by atoms with Crippen molar-refractivity contribution in [3.8, 4) is 0 Å². The molecular formula is C26H29N3OS. The van der Waals surface area contributed by atoms with Gasteiger partial charge in [0.1, 0.15) is 0 Å². The SMILES string of the molecule is O[C@@H](CN1CCN(Cc2ccccc2)CC1)CN1c2ccccc2Sc2ccccc21. The van der Waals surface area contributed by atoms with E-state index in [4.69, 9.17) is 0 Å². The quantitative estimate of drug-likeness (QED) is 0.622. The minimum absolute atomic E-state index is 0.398. The van der Waals surface area contributed by atoms with Crippen molar-refractivity contribution in [1.82, 2.24) is 9.80 Å². The first-order valence-electron chi connectivity index (χ1n) is 11.1. The molecular weight excluding hydrogens is 402 g/mol. The number of hydrogen-bond donors (Lipinski definition) is 1. The van der Waals surface area contributed by atoms with Gasteiger partial charge in [0, 0.05) is 49.1 Å². The molecule has 2 aliphatic heterocycles. The van der Waals surface area contributed by atoms with Crippen LogP contribution in [0.4, 0.5) is 11.4 Å². The standard InChI is InChI=1S/C26H29N3OS/c30-22(19-28-16-14-27(15-17-28)18-21-8-2-1-3-9-21)20-29-23-10-4-6-12-25(23)31-26-13-7-5-11-24(26)29/h1-13,22,30H,14-20H2/t22-/m0/s1. The topological polar surface area (TPSA) is 30.0 Å². The minimum atomic E-state index is -0.398. The van der Waals surface area contributed by atoms with Crippen LogP contribution in [0.1, 0.15) is 5.56 Å². The Labute approximate surface area is 189 Å². The van der Waals surface area contributed by atoms with Gasteiger partial charge in [-0.2, -0.15) is 0 Å². The summed E-state index contributed by atoms with van der Waals surface area (Å²) in [6, 6.07) is 27.7. The monoisotopic (exact) mass is 431 g/mol. The largest absolute Gasteiger partial charge is 0.390 e. The van der Waals surface area contributed by atoms with Gasteiger partial charge in [0.05, 0.1) is 24.0 Å². The van der Waals surface area contributed by atoms with Crippen molar-refractivity contribution in [3.05, 3.63) is 84.4 Å². The molecule has 1 saturated heterocycles. The van der Waals surface area contributed by atoms with Crippen LogP contribution in [0, 0.1) is 0 Å². The van der Waals surface area contributed by atoms with Crippen molar-refractivity contribution in [2.75, 3.05) is 44.2 Å². The van der Waals surface area contributed by atoms with Gasteiger partial charge in [-0.15, -0.1) is 0 Å². The van der Waals surface area contributed by atoms with Crippen molar-refractivity contribution in [3.63, 3.8) is 0 Å². The lowest BCUT2D eigenvalue weighted by Gasteiger charge is -2.38. The summed E-state index contributed by atoms with van der Waals surface area (Å²) in [6.07, 6.45) is -0.398. The smallest absolute Gasteiger partial charge is 0.0845 e. The number of aliphatic hydroxyl groups is 1. The number of β-amino-alcohol motifs (C(OH)–C–C–N with tert-alkyl or cyclic N) is 1. The van der Waals surface area contributed by atoms with E-state index in [2.05, 4.69) is 93.6 Å². The lowest BCUT2D eigenvalue weighted by Crippen LogP contribution is -2.49. The molecule has 0 unspecified atom stereocenters. The Bertz CT molecular complexity index is 959. The molecule has 160 valence electrons. The second-order valence-corrected chi connectivity index (χ2v) is 9.45. The normalized spacial score (nSPS) is 17.8. The summed E-state index contributed by atoms with van der Waals surface area (Å²) in [6.45, 7) is 6.45. The molecule has 0 amide bonds. The molecule has 1 N–H and O–H groups in total. The van der Waals surface area contributed by atoms with E-state index in [1.807, 2.05) is 11.8 Å². The molecule has 1 fully saturated rings. The van der Waals surface area contributed by atoms with E-state index in [-0.39, 0.29) is 0 Å². The van der Waals surface area contributed by atoms with Gasteiger partial charge >= 0.3 is 0 Å². The lowest BCUT2D eigenvalue weighted by atomic mass is 10.1. The fourth-order valence-corrected chi connectivity index (χ4v) is 5.61. The molecule has 1 atom stereocenters. The van der Waals surface area contributed by atoms with Crippen LogP contribution in [0.5, 0.6) is 0 Å². The zero-order valence-electron chi connectivity index (χ0n) is 17.7. The van der Waals surface area contributed by atoms with Crippen molar-refractivity contribution in [1.29, 1.82) is 0 Å². The summed E-state index contributed by atoms with van der Waals surface area (Å²) in [4.78, 5) is 9.71. The van der Waals surface area contributed by atoms with Crippen LogP contribution < -0.4 is 4.90 Å². The number of nitrogens with zero attached hydrogens (tertiary/aromatic N) is 3. The van der Waals surface area contributed by atoms with E-state index in [9.17, 15) is 5.11 Å². The summed E-state index contributed by atoms with van der Waals surface area (Å²) in [7, 11) is 0. The van der Waals surface area contributed by atoms with Gasteiger partial charge in [0.15, 0.2) is 0 Å². The number of benzene rings is 3. The fourth-order valence-electron chi connectivity index (χ4n) is 4.52. The van der Waals surface area contributed by atoms with Crippen molar-refractivity contribution in [2.24, 2.45) is 0 Å². The molecule has 2 heterocycles. The fraction of sp³-hybridized carbons (Fsp3) is 0.308. The third kappa shape index (κ3) is 4.80. The Hall–Kier alpha value is -2.31. The van der Waals surface area contributed by atoms with Crippen LogP contribution in [-0.4, -0.2) is 60.3 Å². The molecule has 4 nitrogen and oxygen atoms in total. The van der Waals surface area contributed by atoms with Crippen LogP contribution in [0.3, 0.4) is 0 Å². The van der Waals surface area contributed by atoms with E-state index in [1.165, 1.54) is 26.7 Å². The van der Waals surface area contributed by atoms with Gasteiger partial charge < -0.3 is 10.0 Å². The van der Waals surface area contributed by atoms with Crippen LogP contribution in [-0.2, 0) is 6.54 Å². The molecule has 31 heavy (non-hydrogen) atoms. The van der Waals surface area contributed by atoms with Crippen LogP contribution in [0.15, 0.2) is 88.7 Å². The zero-order valence-corrected chi connectivity index (χ0v) is 18.5. The summed E-state index contributed by atoms with van der Waals surface area (Å²) >= 11 is 1.81. The van der Waals surface area contributed by atoms with Crippen LogP contribution in [0.2, 0.25) is 0 Å². The summed E-state index contributed by atoms with van der Waals surface area (Å²) in [5, 5.41) is 11.0. The predicted molar refractivity (Wildman–Crippen MR) is 128 cm³/mol. The van der Waals surface area contributed by atoms with Gasteiger partial charge in [-0.25, -0.2) is 0 Å². The highest BCUT2D eigenvalue weighted by atomic mass is 32.2. The Morgan fingerprint density at radius 2 is 1.23 bits per heavy atom. The highest BCUT2D eigenvalue weighted by Crippen LogP contribution is 2.47. The Balaban J connectivity index is 1.20. The maximum atomic E-state index is 11.0. The van der Waals surface area contributed by atoms with Crippen LogP contribution >= 0.6 is 11.8 Å². The second-order valence-electron chi connectivity index (χ2n) is 8.36. The summed E-state index contributed by atoms with van der Waals surface area (Å²) < 4.78 is 0. The number of aliphatic hydroxyl groups excluding tert-OH is 1. The molecule has 0 radical (unpaired) electrons. The molecule has 5 rings (SSSR count). The van der Waals surface area contributed by atoms with Gasteiger partial charge in [-0.1, -0.05) is 66.4 Å². The Morgan fingerprint density at radius 1 is 0.677 bits per heavy atom. The third-order valence-electron chi connectivity index (χ3n) is 6.11. The number of para-hydroxylation sites is 2. The van der Waals surface area contributed by atoms with Gasteiger partial charge in [0.2, 0.25) is 0 Å². The first-order valence-corrected chi connectivity index (χ1v) is 11.9. The molecule has 0 spiro atoms. The van der Waals surface area contributed by atoms with E-state index in [0.29, 0.717) is 13.1 Å². The van der Waals surface area contributed by atoms with E-state index >= 15 is 0 Å². The maximum absolute atomic E-state index is 11.0. The first-order chi connectivity index (χ1) is 15.3. The van der Waals surface area contributed by atoms with E-state index in [1.54, 1.807) is 0 Å². The highest BCUT2D eigenvalue weighted by Gasteiger charge is 2.26. The Morgan fingerprint density at radius 3 is 1.87 bits per heavy atom. The first kappa shape index (κ1) is 20.6. The van der Waals surface area contributed by atoms with Crippen molar-refractivity contribution >= 4 is 23.1 Å². The Kier molecular flexibility index (Phi) is 6.27. The molecule has 3 aromatic carbocycles. The molecule has 0 aliphatic carbocycles. The molecule has 2 aliphatic rings. The second kappa shape index (κ2) is 9.45. The van der Waals surface area contributed by atoms with Gasteiger partial charge in [-0.3, -0.25) is 9.80 Å². The van der Waals surface area contributed by atoms with Crippen molar-refractivity contribution < 1.29 is 5.11 Å². The molecule has 3 aromatic rings. The molecule has 0 bridgehead atoms. The highest BCUT2D eigenvalue weighted by molar-refractivity contribution is 7.99. The lowest BCUT2D eigenvalue weighted by molar-refractivity contribution is 0.0738. The molecule has 0 aromatic heterocycles. The number of fused-ring (bicyclic) bond motifs is 2.